The van der Waals surface area contributed by atoms with Gasteiger partial charge in [0.25, 0.3) is 0 Å². The molecule has 1 aliphatic rings. The van der Waals surface area contributed by atoms with Gasteiger partial charge >= 0.3 is 0 Å². The van der Waals surface area contributed by atoms with Crippen LogP contribution >= 0.6 is 11.3 Å². The fraction of sp³-hybridized carbons (Fsp3) is 0.421. The molecule has 25 heavy (non-hydrogen) atoms. The second-order valence-corrected chi connectivity index (χ2v) is 7.32. The molecular formula is C19H23FN2O2S. The van der Waals surface area contributed by atoms with Crippen LogP contribution in [-0.4, -0.2) is 36.6 Å². The normalized spacial score (nSPS) is 17.1. The first-order valence-electron chi connectivity index (χ1n) is 8.56. The quantitative estimate of drug-likeness (QED) is 0.784. The monoisotopic (exact) mass is 362 g/mol. The number of rotatable bonds is 8. The van der Waals surface area contributed by atoms with Crippen LogP contribution in [0, 0.1) is 5.82 Å². The summed E-state index contributed by atoms with van der Waals surface area (Å²) in [5.41, 5.74) is 0.888. The lowest BCUT2D eigenvalue weighted by atomic mass is 10.2. The van der Waals surface area contributed by atoms with E-state index in [1.54, 1.807) is 23.5 Å². The van der Waals surface area contributed by atoms with Crippen LogP contribution in [0.1, 0.15) is 23.3 Å². The van der Waals surface area contributed by atoms with Gasteiger partial charge in [-0.15, -0.1) is 11.3 Å². The molecule has 2 heterocycles. The highest BCUT2D eigenvalue weighted by molar-refractivity contribution is 7.09. The van der Waals surface area contributed by atoms with Crippen LogP contribution in [0.3, 0.4) is 0 Å². The molecule has 0 aliphatic carbocycles. The van der Waals surface area contributed by atoms with E-state index in [-0.39, 0.29) is 17.8 Å². The van der Waals surface area contributed by atoms with E-state index in [0.29, 0.717) is 13.1 Å². The molecule has 1 amide bonds. The Bertz CT molecular complexity index is 655. The van der Waals surface area contributed by atoms with Crippen molar-refractivity contribution in [3.05, 3.63) is 58.0 Å². The van der Waals surface area contributed by atoms with Gasteiger partial charge in [0.05, 0.1) is 12.6 Å². The fourth-order valence-corrected chi connectivity index (χ4v) is 3.69. The van der Waals surface area contributed by atoms with Crippen molar-refractivity contribution in [1.82, 2.24) is 10.2 Å². The molecule has 6 heteroatoms. The van der Waals surface area contributed by atoms with Crippen molar-refractivity contribution in [1.29, 1.82) is 0 Å². The zero-order chi connectivity index (χ0) is 17.5. The second kappa shape index (κ2) is 9.08. The molecule has 1 unspecified atom stereocenters. The third kappa shape index (κ3) is 5.92. The molecule has 1 N–H and O–H groups in total. The van der Waals surface area contributed by atoms with Gasteiger partial charge in [0.2, 0.25) is 5.91 Å². The molecule has 1 saturated heterocycles. The number of benzene rings is 1. The van der Waals surface area contributed by atoms with Crippen molar-refractivity contribution in [3.8, 4) is 0 Å². The SMILES string of the molecule is O=C(CN(Cc1cccs1)CC1CCCO1)NCc1ccc(F)cc1. The zero-order valence-electron chi connectivity index (χ0n) is 14.1. The van der Waals surface area contributed by atoms with Crippen molar-refractivity contribution < 1.29 is 13.9 Å². The summed E-state index contributed by atoms with van der Waals surface area (Å²) in [6.07, 6.45) is 2.36. The smallest absolute Gasteiger partial charge is 0.234 e. The molecule has 1 fully saturated rings. The molecule has 1 aromatic heterocycles. The maximum absolute atomic E-state index is 12.9. The minimum atomic E-state index is -0.270. The van der Waals surface area contributed by atoms with E-state index < -0.39 is 0 Å². The van der Waals surface area contributed by atoms with Crippen molar-refractivity contribution >= 4 is 17.2 Å². The van der Waals surface area contributed by atoms with E-state index in [4.69, 9.17) is 4.74 Å². The van der Waals surface area contributed by atoms with Gasteiger partial charge in [-0.05, 0) is 42.0 Å². The van der Waals surface area contributed by atoms with Gasteiger partial charge in [0.15, 0.2) is 0 Å². The number of thiophene rings is 1. The zero-order valence-corrected chi connectivity index (χ0v) is 14.9. The molecule has 0 saturated carbocycles. The molecule has 1 aromatic carbocycles. The van der Waals surface area contributed by atoms with Crippen molar-refractivity contribution in [3.63, 3.8) is 0 Å². The summed E-state index contributed by atoms with van der Waals surface area (Å²) in [5.74, 6) is -0.298. The van der Waals surface area contributed by atoms with E-state index >= 15 is 0 Å². The van der Waals surface area contributed by atoms with Crippen LogP contribution in [-0.2, 0) is 22.6 Å². The van der Waals surface area contributed by atoms with Gasteiger partial charge in [-0.3, -0.25) is 9.69 Å². The van der Waals surface area contributed by atoms with E-state index in [2.05, 4.69) is 16.3 Å². The van der Waals surface area contributed by atoms with Crippen LogP contribution in [0.2, 0.25) is 0 Å². The number of hydrogen-bond acceptors (Lipinski definition) is 4. The predicted molar refractivity (Wildman–Crippen MR) is 96.8 cm³/mol. The maximum Gasteiger partial charge on any atom is 0.234 e. The summed E-state index contributed by atoms with van der Waals surface area (Å²) in [6, 6.07) is 10.3. The molecule has 0 radical (unpaired) electrons. The number of nitrogens with zero attached hydrogens (tertiary/aromatic N) is 1. The highest BCUT2D eigenvalue weighted by Gasteiger charge is 2.21. The summed E-state index contributed by atoms with van der Waals surface area (Å²) >= 11 is 1.70. The highest BCUT2D eigenvalue weighted by atomic mass is 32.1. The average Bonchev–Trinajstić information content (AvgIpc) is 3.28. The van der Waals surface area contributed by atoms with Gasteiger partial charge < -0.3 is 10.1 Å². The van der Waals surface area contributed by atoms with Gasteiger partial charge in [0, 0.05) is 31.1 Å². The third-order valence-electron chi connectivity index (χ3n) is 4.22. The number of carbonyl (C=O) groups excluding carboxylic acids is 1. The van der Waals surface area contributed by atoms with E-state index in [0.717, 1.165) is 38.1 Å². The molecule has 4 nitrogen and oxygen atoms in total. The van der Waals surface area contributed by atoms with E-state index in [9.17, 15) is 9.18 Å². The first-order chi connectivity index (χ1) is 12.2. The van der Waals surface area contributed by atoms with Crippen LogP contribution in [0.25, 0.3) is 0 Å². The van der Waals surface area contributed by atoms with Crippen LogP contribution < -0.4 is 5.32 Å². The van der Waals surface area contributed by atoms with Gasteiger partial charge in [-0.25, -0.2) is 4.39 Å². The van der Waals surface area contributed by atoms with E-state index in [1.807, 2.05) is 11.4 Å². The summed E-state index contributed by atoms with van der Waals surface area (Å²) in [4.78, 5) is 15.7. The summed E-state index contributed by atoms with van der Waals surface area (Å²) in [6.45, 7) is 3.07. The summed E-state index contributed by atoms with van der Waals surface area (Å²) < 4.78 is 18.6. The largest absolute Gasteiger partial charge is 0.377 e. The molecule has 1 atom stereocenters. The molecule has 2 aromatic rings. The Kier molecular flexibility index (Phi) is 6.55. The Balaban J connectivity index is 1.52. The van der Waals surface area contributed by atoms with E-state index in [1.165, 1.54) is 17.0 Å². The Labute approximate surface area is 151 Å². The first-order valence-corrected chi connectivity index (χ1v) is 9.44. The number of halogens is 1. The van der Waals surface area contributed by atoms with Crippen LogP contribution in [0.4, 0.5) is 4.39 Å². The average molecular weight is 362 g/mol. The van der Waals surface area contributed by atoms with Gasteiger partial charge in [0.1, 0.15) is 5.82 Å². The van der Waals surface area contributed by atoms with Crippen LogP contribution in [0.15, 0.2) is 41.8 Å². The summed E-state index contributed by atoms with van der Waals surface area (Å²) in [5, 5.41) is 4.96. The Morgan fingerprint density at radius 2 is 2.16 bits per heavy atom. The topological polar surface area (TPSA) is 41.6 Å². The van der Waals surface area contributed by atoms with Crippen molar-refractivity contribution in [2.45, 2.75) is 32.0 Å². The molecular weight excluding hydrogens is 339 g/mol. The fourth-order valence-electron chi connectivity index (χ4n) is 2.95. The first kappa shape index (κ1) is 18.0. The van der Waals surface area contributed by atoms with Gasteiger partial charge in [-0.2, -0.15) is 0 Å². The van der Waals surface area contributed by atoms with Crippen molar-refractivity contribution in [2.24, 2.45) is 0 Å². The molecule has 0 bridgehead atoms. The molecule has 134 valence electrons. The Morgan fingerprint density at radius 3 is 2.84 bits per heavy atom. The predicted octanol–water partition coefficient (Wildman–Crippen LogP) is 3.18. The minimum Gasteiger partial charge on any atom is -0.377 e. The van der Waals surface area contributed by atoms with Gasteiger partial charge in [-0.1, -0.05) is 18.2 Å². The standard InChI is InChI=1S/C19H23FN2O2S/c20-16-7-5-15(6-8-16)11-21-19(23)14-22(12-17-3-1-9-24-17)13-18-4-2-10-25-18/h2,4-8,10,17H,1,3,9,11-14H2,(H,21,23). The highest BCUT2D eigenvalue weighted by Crippen LogP contribution is 2.17. The number of carbonyl (C=O) groups is 1. The Morgan fingerprint density at radius 1 is 1.32 bits per heavy atom. The number of amides is 1. The van der Waals surface area contributed by atoms with Crippen LogP contribution in [0.5, 0.6) is 0 Å². The molecule has 0 spiro atoms. The molecule has 3 rings (SSSR count). The maximum atomic E-state index is 12.9. The number of ether oxygens (including phenoxy) is 1. The molecule has 1 aliphatic heterocycles. The summed E-state index contributed by atoms with van der Waals surface area (Å²) in [7, 11) is 0. The Hall–Kier alpha value is -1.76. The number of nitrogens with one attached hydrogen (secondary N) is 1. The minimum absolute atomic E-state index is 0.0288. The lowest BCUT2D eigenvalue weighted by molar-refractivity contribution is -0.122. The lowest BCUT2D eigenvalue weighted by Gasteiger charge is -2.24. The second-order valence-electron chi connectivity index (χ2n) is 6.29. The third-order valence-corrected chi connectivity index (χ3v) is 5.08. The lowest BCUT2D eigenvalue weighted by Crippen LogP contribution is -2.40. The number of hydrogen-bond donors (Lipinski definition) is 1. The van der Waals surface area contributed by atoms with Crippen molar-refractivity contribution in [2.75, 3.05) is 19.7 Å².